The van der Waals surface area contributed by atoms with Crippen molar-refractivity contribution in [2.45, 2.75) is 0 Å². The van der Waals surface area contributed by atoms with E-state index < -0.39 is 0 Å². The summed E-state index contributed by atoms with van der Waals surface area (Å²) in [5.74, 6) is 0.416. The highest BCUT2D eigenvalue weighted by molar-refractivity contribution is 6.35. The van der Waals surface area contributed by atoms with Crippen LogP contribution in [0, 0.1) is 0 Å². The third kappa shape index (κ3) is 1.42. The summed E-state index contributed by atoms with van der Waals surface area (Å²) in [6.07, 6.45) is 4.94. The Bertz CT molecular complexity index is 860. The van der Waals surface area contributed by atoms with Crippen LogP contribution in [0.1, 0.15) is 0 Å². The molecule has 0 aliphatic rings. The fraction of sp³-hybridized carbons (Fsp3) is 0. The lowest BCUT2D eigenvalue weighted by molar-refractivity contribution is 0.901. The predicted molar refractivity (Wildman–Crippen MR) is 77.9 cm³/mol. The van der Waals surface area contributed by atoms with Crippen molar-refractivity contribution in [3.8, 4) is 5.69 Å². The van der Waals surface area contributed by atoms with Crippen LogP contribution in [-0.4, -0.2) is 24.7 Å². The number of anilines is 1. The number of nitrogens with two attached hydrogens (primary N) is 1. The number of hydrogen-bond acceptors (Lipinski definition) is 4. The van der Waals surface area contributed by atoms with E-state index in [1.54, 1.807) is 10.9 Å². The normalized spacial score (nSPS) is 11.4. The maximum absolute atomic E-state index is 6.17. The van der Waals surface area contributed by atoms with Crippen LogP contribution in [0.5, 0.6) is 0 Å². The third-order valence-electron chi connectivity index (χ3n) is 3.27. The highest BCUT2D eigenvalue weighted by Crippen LogP contribution is 2.29. The highest BCUT2D eigenvalue weighted by Gasteiger charge is 2.13. The van der Waals surface area contributed by atoms with Crippen molar-refractivity contribution < 1.29 is 0 Å². The van der Waals surface area contributed by atoms with Crippen LogP contribution < -0.4 is 5.73 Å². The summed E-state index contributed by atoms with van der Waals surface area (Å²) >= 11 is 6.17. The van der Waals surface area contributed by atoms with Crippen molar-refractivity contribution in [1.29, 1.82) is 0 Å². The number of para-hydroxylation sites is 1. The molecule has 1 aromatic carbocycles. The van der Waals surface area contributed by atoms with Crippen LogP contribution in [0.4, 0.5) is 5.82 Å². The second kappa shape index (κ2) is 3.94. The van der Waals surface area contributed by atoms with Crippen LogP contribution in [0.15, 0.2) is 36.9 Å². The zero-order valence-electron chi connectivity index (χ0n) is 10.2. The quantitative estimate of drug-likeness (QED) is 0.562. The van der Waals surface area contributed by atoms with Gasteiger partial charge in [0, 0.05) is 11.6 Å². The van der Waals surface area contributed by atoms with E-state index in [2.05, 4.69) is 20.1 Å². The number of nitrogens with one attached hydrogen (secondary N) is 1. The number of rotatable bonds is 1. The van der Waals surface area contributed by atoms with Gasteiger partial charge in [0.15, 0.2) is 5.65 Å². The second-order valence-electron chi connectivity index (χ2n) is 4.39. The molecule has 4 aromatic rings. The molecular weight excluding hydrogens is 276 g/mol. The van der Waals surface area contributed by atoms with Crippen molar-refractivity contribution in [1.82, 2.24) is 24.7 Å². The van der Waals surface area contributed by atoms with Crippen molar-refractivity contribution >= 4 is 39.4 Å². The van der Waals surface area contributed by atoms with Gasteiger partial charge in [0.2, 0.25) is 0 Å². The Labute approximate surface area is 118 Å². The molecule has 3 N–H and O–H groups in total. The lowest BCUT2D eigenvalue weighted by Crippen LogP contribution is -1.98. The largest absolute Gasteiger partial charge is 0.383 e. The number of H-pyrrole nitrogens is 1. The van der Waals surface area contributed by atoms with E-state index in [-0.39, 0.29) is 0 Å². The van der Waals surface area contributed by atoms with Crippen LogP contribution in [0.3, 0.4) is 0 Å². The number of halogens is 1. The van der Waals surface area contributed by atoms with Crippen LogP contribution in [0.25, 0.3) is 27.6 Å². The molecule has 0 saturated carbocycles. The van der Waals surface area contributed by atoms with Crippen molar-refractivity contribution in [3.63, 3.8) is 0 Å². The first-order chi connectivity index (χ1) is 9.75. The Hall–Kier alpha value is -2.60. The molecule has 0 fully saturated rings. The zero-order valence-corrected chi connectivity index (χ0v) is 11.0. The molecule has 0 bridgehead atoms. The summed E-state index contributed by atoms with van der Waals surface area (Å²) in [6, 6.07) is 5.72. The fourth-order valence-corrected chi connectivity index (χ4v) is 2.55. The Morgan fingerprint density at radius 3 is 3.00 bits per heavy atom. The fourth-order valence-electron chi connectivity index (χ4n) is 2.32. The number of aromatic amines is 1. The summed E-state index contributed by atoms with van der Waals surface area (Å²) in [7, 11) is 0. The minimum atomic E-state index is 0.416. The van der Waals surface area contributed by atoms with E-state index in [1.807, 2.05) is 24.4 Å². The van der Waals surface area contributed by atoms with Gasteiger partial charge in [-0.2, -0.15) is 5.10 Å². The SMILES string of the molecule is Nc1ncnc2c1cnn2-c1c[nH]c2c(Cl)cccc12. The summed E-state index contributed by atoms with van der Waals surface area (Å²) in [5, 5.41) is 6.71. The lowest BCUT2D eigenvalue weighted by Gasteiger charge is -2.01. The molecule has 0 radical (unpaired) electrons. The monoisotopic (exact) mass is 284 g/mol. The molecule has 7 heteroatoms. The molecule has 0 amide bonds. The molecule has 3 heterocycles. The van der Waals surface area contributed by atoms with Crippen molar-refractivity contribution in [2.24, 2.45) is 0 Å². The van der Waals surface area contributed by atoms with E-state index in [0.29, 0.717) is 16.5 Å². The molecule has 0 saturated heterocycles. The zero-order chi connectivity index (χ0) is 13.7. The maximum atomic E-state index is 6.17. The van der Waals surface area contributed by atoms with E-state index in [4.69, 9.17) is 17.3 Å². The van der Waals surface area contributed by atoms with Crippen LogP contribution in [-0.2, 0) is 0 Å². The molecule has 3 aromatic heterocycles. The van der Waals surface area contributed by atoms with Crippen molar-refractivity contribution in [2.75, 3.05) is 5.73 Å². The van der Waals surface area contributed by atoms with Gasteiger partial charge in [0.05, 0.1) is 27.8 Å². The van der Waals surface area contributed by atoms with Gasteiger partial charge in [-0.05, 0) is 6.07 Å². The Morgan fingerprint density at radius 2 is 2.10 bits per heavy atom. The second-order valence-corrected chi connectivity index (χ2v) is 4.80. The van der Waals surface area contributed by atoms with Gasteiger partial charge in [-0.3, -0.25) is 0 Å². The molecule has 0 aliphatic heterocycles. The van der Waals surface area contributed by atoms with Crippen molar-refractivity contribution in [3.05, 3.63) is 41.9 Å². The van der Waals surface area contributed by atoms with Gasteiger partial charge in [0.25, 0.3) is 0 Å². The molecular formula is C13H9ClN6. The predicted octanol–water partition coefficient (Wildman–Crippen LogP) is 2.53. The minimum absolute atomic E-state index is 0.416. The van der Waals surface area contributed by atoms with Gasteiger partial charge < -0.3 is 10.7 Å². The average molecular weight is 285 g/mol. The highest BCUT2D eigenvalue weighted by atomic mass is 35.5. The molecule has 0 spiro atoms. The van der Waals surface area contributed by atoms with Gasteiger partial charge in [-0.1, -0.05) is 23.7 Å². The average Bonchev–Trinajstić information content (AvgIpc) is 3.03. The van der Waals surface area contributed by atoms with Crippen LogP contribution >= 0.6 is 11.6 Å². The number of nitrogens with zero attached hydrogens (tertiary/aromatic N) is 4. The Balaban J connectivity index is 2.07. The standard InChI is InChI=1S/C13H9ClN6/c14-9-3-1-2-7-10(5-16-11(7)9)20-13-8(4-19-20)12(15)17-6-18-13/h1-6,16H,(H2,15,17,18). The van der Waals surface area contributed by atoms with Gasteiger partial charge in [-0.15, -0.1) is 0 Å². The summed E-state index contributed by atoms with van der Waals surface area (Å²) in [6.45, 7) is 0. The molecule has 4 rings (SSSR count). The summed E-state index contributed by atoms with van der Waals surface area (Å²) < 4.78 is 1.72. The summed E-state index contributed by atoms with van der Waals surface area (Å²) in [4.78, 5) is 11.4. The first-order valence-electron chi connectivity index (χ1n) is 5.96. The molecule has 0 aliphatic carbocycles. The first-order valence-corrected chi connectivity index (χ1v) is 6.33. The van der Waals surface area contributed by atoms with Gasteiger partial charge in [0.1, 0.15) is 12.1 Å². The van der Waals surface area contributed by atoms with E-state index in [1.165, 1.54) is 6.33 Å². The molecule has 6 nitrogen and oxygen atoms in total. The summed E-state index contributed by atoms with van der Waals surface area (Å²) in [5.41, 5.74) is 8.23. The number of fused-ring (bicyclic) bond motifs is 2. The van der Waals surface area contributed by atoms with E-state index in [0.717, 1.165) is 22.0 Å². The molecule has 0 atom stereocenters. The molecule has 0 unspecified atom stereocenters. The molecule has 98 valence electrons. The Kier molecular flexibility index (Phi) is 2.22. The lowest BCUT2D eigenvalue weighted by atomic mass is 10.2. The molecule has 20 heavy (non-hydrogen) atoms. The van der Waals surface area contributed by atoms with E-state index in [9.17, 15) is 0 Å². The number of hydrogen-bond donors (Lipinski definition) is 2. The van der Waals surface area contributed by atoms with Crippen LogP contribution in [0.2, 0.25) is 5.02 Å². The number of benzene rings is 1. The third-order valence-corrected chi connectivity index (χ3v) is 3.58. The van der Waals surface area contributed by atoms with Gasteiger partial charge in [-0.25, -0.2) is 14.6 Å². The Morgan fingerprint density at radius 1 is 1.20 bits per heavy atom. The smallest absolute Gasteiger partial charge is 0.168 e. The van der Waals surface area contributed by atoms with Gasteiger partial charge >= 0.3 is 0 Å². The number of aromatic nitrogens is 5. The van der Waals surface area contributed by atoms with E-state index >= 15 is 0 Å². The topological polar surface area (TPSA) is 85.4 Å². The maximum Gasteiger partial charge on any atom is 0.168 e. The first kappa shape index (κ1) is 11.2. The number of nitrogen functional groups attached to an aromatic ring is 1. The minimum Gasteiger partial charge on any atom is -0.383 e.